The number of likely N-dealkylation sites (tertiary alicyclic amines) is 1. The second-order valence-electron chi connectivity index (χ2n) is 6.81. The average Bonchev–Trinajstić information content (AvgIpc) is 3.32. The second kappa shape index (κ2) is 6.78. The van der Waals surface area contributed by atoms with Crippen molar-refractivity contribution in [3.05, 3.63) is 47.3 Å². The van der Waals surface area contributed by atoms with Crippen molar-refractivity contribution in [1.82, 2.24) is 20.4 Å². The first-order valence-corrected chi connectivity index (χ1v) is 8.99. The zero-order valence-corrected chi connectivity index (χ0v) is 14.5. The summed E-state index contributed by atoms with van der Waals surface area (Å²) >= 11 is 0. The Morgan fingerprint density at radius 2 is 2.28 bits per heavy atom. The number of ether oxygens (including phenoxy) is 1. The fourth-order valence-electron chi connectivity index (χ4n) is 4.16. The SMILES string of the molecule is COc1cccc2c1CC[C@@H]2NC(=O)N1CCCC[C@H]1c1cn[nH]c1. The Labute approximate surface area is 147 Å². The average molecular weight is 340 g/mol. The maximum atomic E-state index is 13.0. The van der Waals surface area contributed by atoms with Gasteiger partial charge in [-0.3, -0.25) is 5.10 Å². The van der Waals surface area contributed by atoms with Gasteiger partial charge >= 0.3 is 6.03 Å². The molecule has 2 aliphatic rings. The lowest BCUT2D eigenvalue weighted by Crippen LogP contribution is -2.45. The molecule has 1 saturated heterocycles. The van der Waals surface area contributed by atoms with E-state index < -0.39 is 0 Å². The van der Waals surface area contributed by atoms with E-state index in [1.54, 1.807) is 7.11 Å². The van der Waals surface area contributed by atoms with Crippen LogP contribution in [0, 0.1) is 0 Å². The summed E-state index contributed by atoms with van der Waals surface area (Å²) in [4.78, 5) is 14.9. The second-order valence-corrected chi connectivity index (χ2v) is 6.81. The molecule has 0 unspecified atom stereocenters. The molecule has 1 fully saturated rings. The molecule has 2 amide bonds. The Morgan fingerprint density at radius 3 is 3.08 bits per heavy atom. The number of benzene rings is 1. The maximum Gasteiger partial charge on any atom is 0.318 e. The van der Waals surface area contributed by atoms with E-state index in [-0.39, 0.29) is 18.1 Å². The highest BCUT2D eigenvalue weighted by molar-refractivity contribution is 5.75. The van der Waals surface area contributed by atoms with Gasteiger partial charge < -0.3 is 15.0 Å². The number of methoxy groups -OCH3 is 1. The van der Waals surface area contributed by atoms with Crippen molar-refractivity contribution in [1.29, 1.82) is 0 Å². The van der Waals surface area contributed by atoms with E-state index in [9.17, 15) is 4.79 Å². The number of aromatic nitrogens is 2. The number of amides is 2. The predicted octanol–water partition coefficient (Wildman–Crippen LogP) is 3.34. The largest absolute Gasteiger partial charge is 0.496 e. The number of urea groups is 1. The van der Waals surface area contributed by atoms with E-state index in [1.807, 2.05) is 29.4 Å². The van der Waals surface area contributed by atoms with Gasteiger partial charge in [0.25, 0.3) is 0 Å². The molecule has 1 aliphatic heterocycles. The zero-order chi connectivity index (χ0) is 17.2. The summed E-state index contributed by atoms with van der Waals surface area (Å²) in [5.74, 6) is 0.920. The molecule has 0 saturated carbocycles. The third-order valence-electron chi connectivity index (χ3n) is 5.41. The lowest BCUT2D eigenvalue weighted by atomic mass is 9.98. The third kappa shape index (κ3) is 2.97. The number of rotatable bonds is 3. The number of piperidine rings is 1. The fourth-order valence-corrected chi connectivity index (χ4v) is 4.16. The van der Waals surface area contributed by atoms with Crippen LogP contribution in [-0.2, 0) is 6.42 Å². The van der Waals surface area contributed by atoms with Crippen molar-refractivity contribution in [3.63, 3.8) is 0 Å². The molecule has 0 spiro atoms. The first kappa shape index (κ1) is 16.0. The smallest absolute Gasteiger partial charge is 0.318 e. The van der Waals surface area contributed by atoms with Crippen LogP contribution in [0.2, 0.25) is 0 Å². The topological polar surface area (TPSA) is 70.2 Å². The van der Waals surface area contributed by atoms with Crippen LogP contribution in [0.3, 0.4) is 0 Å². The fraction of sp³-hybridized carbons (Fsp3) is 0.474. The van der Waals surface area contributed by atoms with Gasteiger partial charge in [-0.2, -0.15) is 5.10 Å². The lowest BCUT2D eigenvalue weighted by molar-refractivity contribution is 0.148. The third-order valence-corrected chi connectivity index (χ3v) is 5.41. The zero-order valence-electron chi connectivity index (χ0n) is 14.5. The Morgan fingerprint density at radius 1 is 1.36 bits per heavy atom. The maximum absolute atomic E-state index is 13.0. The van der Waals surface area contributed by atoms with Crippen LogP contribution in [-0.4, -0.2) is 34.8 Å². The minimum atomic E-state index is 0.0200. The molecular weight excluding hydrogens is 316 g/mol. The Kier molecular flexibility index (Phi) is 4.34. The molecule has 1 aliphatic carbocycles. The molecule has 6 nitrogen and oxygen atoms in total. The van der Waals surface area contributed by atoms with Crippen LogP contribution in [0.5, 0.6) is 5.75 Å². The number of carbonyl (C=O) groups is 1. The van der Waals surface area contributed by atoms with Gasteiger partial charge in [-0.1, -0.05) is 12.1 Å². The van der Waals surface area contributed by atoms with Crippen molar-refractivity contribution in [3.8, 4) is 5.75 Å². The minimum Gasteiger partial charge on any atom is -0.496 e. The van der Waals surface area contributed by atoms with Crippen molar-refractivity contribution in [2.75, 3.05) is 13.7 Å². The van der Waals surface area contributed by atoms with Crippen molar-refractivity contribution >= 4 is 6.03 Å². The number of H-pyrrole nitrogens is 1. The molecule has 6 heteroatoms. The van der Waals surface area contributed by atoms with E-state index >= 15 is 0 Å². The highest BCUT2D eigenvalue weighted by atomic mass is 16.5. The van der Waals surface area contributed by atoms with E-state index in [0.29, 0.717) is 0 Å². The minimum absolute atomic E-state index is 0.0200. The molecule has 4 rings (SSSR count). The Hall–Kier alpha value is -2.50. The van der Waals surface area contributed by atoms with Crippen LogP contribution >= 0.6 is 0 Å². The molecule has 25 heavy (non-hydrogen) atoms. The van der Waals surface area contributed by atoms with E-state index in [2.05, 4.69) is 21.6 Å². The molecule has 2 atom stereocenters. The summed E-state index contributed by atoms with van der Waals surface area (Å²) in [5.41, 5.74) is 3.49. The van der Waals surface area contributed by atoms with Crippen LogP contribution in [0.4, 0.5) is 4.79 Å². The molecule has 2 N–H and O–H groups in total. The summed E-state index contributed by atoms with van der Waals surface area (Å²) in [6.45, 7) is 0.791. The molecule has 2 heterocycles. The molecule has 1 aromatic carbocycles. The Balaban J connectivity index is 1.51. The van der Waals surface area contributed by atoms with Crippen LogP contribution in [0.25, 0.3) is 0 Å². The number of hydrogen-bond donors (Lipinski definition) is 2. The van der Waals surface area contributed by atoms with Gasteiger partial charge in [0, 0.05) is 18.3 Å². The van der Waals surface area contributed by atoms with Crippen molar-refractivity contribution < 1.29 is 9.53 Å². The number of nitrogens with zero attached hydrogens (tertiary/aromatic N) is 2. The highest BCUT2D eigenvalue weighted by Gasteiger charge is 2.32. The summed E-state index contributed by atoms with van der Waals surface area (Å²) in [6, 6.07) is 6.27. The molecular formula is C19H24N4O2. The highest BCUT2D eigenvalue weighted by Crippen LogP contribution is 2.37. The molecule has 1 aromatic heterocycles. The van der Waals surface area contributed by atoms with Gasteiger partial charge in [0.2, 0.25) is 0 Å². The van der Waals surface area contributed by atoms with Gasteiger partial charge in [-0.15, -0.1) is 0 Å². The van der Waals surface area contributed by atoms with E-state index in [0.717, 1.165) is 50.0 Å². The molecule has 0 bridgehead atoms. The summed E-state index contributed by atoms with van der Waals surface area (Å²) in [6.07, 6.45) is 8.76. The van der Waals surface area contributed by atoms with E-state index in [4.69, 9.17) is 4.74 Å². The van der Waals surface area contributed by atoms with Gasteiger partial charge in [0.1, 0.15) is 5.75 Å². The first-order valence-electron chi connectivity index (χ1n) is 8.99. The summed E-state index contributed by atoms with van der Waals surface area (Å²) in [7, 11) is 1.70. The van der Waals surface area contributed by atoms with Gasteiger partial charge in [0.15, 0.2) is 0 Å². The van der Waals surface area contributed by atoms with Crippen LogP contribution in [0.1, 0.15) is 54.5 Å². The first-order chi connectivity index (χ1) is 12.3. The monoisotopic (exact) mass is 340 g/mol. The molecule has 0 radical (unpaired) electrons. The summed E-state index contributed by atoms with van der Waals surface area (Å²) in [5, 5.41) is 10.2. The number of hydrogen-bond acceptors (Lipinski definition) is 3. The Bertz CT molecular complexity index is 744. The molecule has 2 aromatic rings. The number of fused-ring (bicyclic) bond motifs is 1. The predicted molar refractivity (Wildman–Crippen MR) is 94.5 cm³/mol. The van der Waals surface area contributed by atoms with Crippen LogP contribution in [0.15, 0.2) is 30.6 Å². The van der Waals surface area contributed by atoms with Crippen molar-refractivity contribution in [2.24, 2.45) is 0 Å². The standard InChI is InChI=1S/C19H24N4O2/c1-25-18-7-4-5-14-15(18)8-9-16(14)22-19(24)23-10-3-2-6-17(23)13-11-20-21-12-13/h4-5,7,11-12,16-17H,2-3,6,8-10H2,1H3,(H,20,21)(H,22,24)/t16-,17-/m0/s1. The van der Waals surface area contributed by atoms with Crippen LogP contribution < -0.4 is 10.1 Å². The van der Waals surface area contributed by atoms with Gasteiger partial charge in [0.05, 0.1) is 25.4 Å². The normalized spacial score (nSPS) is 22.5. The number of aromatic amines is 1. The van der Waals surface area contributed by atoms with Gasteiger partial charge in [-0.05, 0) is 49.3 Å². The number of carbonyl (C=O) groups excluding carboxylic acids is 1. The van der Waals surface area contributed by atoms with Crippen molar-refractivity contribution in [2.45, 2.75) is 44.2 Å². The number of nitrogens with one attached hydrogen (secondary N) is 2. The summed E-state index contributed by atoms with van der Waals surface area (Å²) < 4.78 is 5.46. The molecule has 132 valence electrons. The lowest BCUT2D eigenvalue weighted by Gasteiger charge is -2.36. The van der Waals surface area contributed by atoms with E-state index in [1.165, 1.54) is 11.1 Å². The van der Waals surface area contributed by atoms with Gasteiger partial charge in [-0.25, -0.2) is 4.79 Å². The quantitative estimate of drug-likeness (QED) is 0.900.